The standard InChI is InChI=1S/C10H17NO3/c1-7-3-4-8(5-7)6-11-9(12)10(13)14-2/h7-8H,3-6H2,1-2H3,(H,11,12). The average Bonchev–Trinajstić information content (AvgIpc) is 2.59. The zero-order chi connectivity index (χ0) is 10.6. The maximum Gasteiger partial charge on any atom is 0.396 e. The van der Waals surface area contributed by atoms with E-state index in [4.69, 9.17) is 0 Å². The van der Waals surface area contributed by atoms with Crippen LogP contribution in [0.4, 0.5) is 0 Å². The second-order valence-electron chi connectivity index (χ2n) is 3.99. The van der Waals surface area contributed by atoms with Gasteiger partial charge in [-0.15, -0.1) is 0 Å². The number of carbonyl (C=O) groups is 2. The van der Waals surface area contributed by atoms with Crippen molar-refractivity contribution < 1.29 is 14.3 Å². The molecule has 0 aromatic rings. The van der Waals surface area contributed by atoms with Crippen LogP contribution in [0.5, 0.6) is 0 Å². The maximum absolute atomic E-state index is 11.0. The Hall–Kier alpha value is -1.06. The molecule has 80 valence electrons. The molecule has 1 rings (SSSR count). The Morgan fingerprint density at radius 1 is 1.43 bits per heavy atom. The Bertz CT molecular complexity index is 227. The molecule has 0 saturated heterocycles. The summed E-state index contributed by atoms with van der Waals surface area (Å²) in [6.07, 6.45) is 3.50. The molecule has 14 heavy (non-hydrogen) atoms. The first-order valence-electron chi connectivity index (χ1n) is 4.99. The molecule has 1 aliphatic rings. The number of esters is 1. The van der Waals surface area contributed by atoms with Gasteiger partial charge in [0.15, 0.2) is 0 Å². The Morgan fingerprint density at radius 2 is 2.14 bits per heavy atom. The third kappa shape index (κ3) is 3.01. The van der Waals surface area contributed by atoms with Gasteiger partial charge in [-0.3, -0.25) is 4.79 Å². The number of methoxy groups -OCH3 is 1. The van der Waals surface area contributed by atoms with Gasteiger partial charge in [0.05, 0.1) is 7.11 Å². The van der Waals surface area contributed by atoms with Gasteiger partial charge in [-0.05, 0) is 24.7 Å². The van der Waals surface area contributed by atoms with E-state index in [0.29, 0.717) is 12.5 Å². The van der Waals surface area contributed by atoms with E-state index in [-0.39, 0.29) is 0 Å². The summed E-state index contributed by atoms with van der Waals surface area (Å²) in [5.41, 5.74) is 0. The van der Waals surface area contributed by atoms with Crippen molar-refractivity contribution in [3.63, 3.8) is 0 Å². The largest absolute Gasteiger partial charge is 0.462 e. The molecule has 0 aliphatic heterocycles. The van der Waals surface area contributed by atoms with Crippen LogP contribution in [0.3, 0.4) is 0 Å². The van der Waals surface area contributed by atoms with Crippen molar-refractivity contribution in [2.75, 3.05) is 13.7 Å². The van der Waals surface area contributed by atoms with Crippen molar-refractivity contribution in [2.45, 2.75) is 26.2 Å². The highest BCUT2D eigenvalue weighted by Crippen LogP contribution is 2.29. The van der Waals surface area contributed by atoms with Crippen molar-refractivity contribution in [3.8, 4) is 0 Å². The van der Waals surface area contributed by atoms with Gasteiger partial charge in [0.1, 0.15) is 0 Å². The molecule has 2 unspecified atom stereocenters. The summed E-state index contributed by atoms with van der Waals surface area (Å²) in [5.74, 6) is -0.170. The molecule has 0 aromatic carbocycles. The highest BCUT2D eigenvalue weighted by molar-refractivity contribution is 6.32. The number of carbonyl (C=O) groups excluding carboxylic acids is 2. The van der Waals surface area contributed by atoms with E-state index in [1.165, 1.54) is 13.5 Å². The zero-order valence-electron chi connectivity index (χ0n) is 8.71. The van der Waals surface area contributed by atoms with Crippen LogP contribution in [-0.2, 0) is 14.3 Å². The maximum atomic E-state index is 11.0. The average molecular weight is 199 g/mol. The van der Waals surface area contributed by atoms with Crippen LogP contribution in [0, 0.1) is 11.8 Å². The topological polar surface area (TPSA) is 55.4 Å². The van der Waals surface area contributed by atoms with Crippen LogP contribution in [0.2, 0.25) is 0 Å². The van der Waals surface area contributed by atoms with E-state index >= 15 is 0 Å². The summed E-state index contributed by atoms with van der Waals surface area (Å²) in [6, 6.07) is 0. The molecule has 2 atom stereocenters. The van der Waals surface area contributed by atoms with Gasteiger partial charge < -0.3 is 10.1 Å². The molecule has 1 aliphatic carbocycles. The van der Waals surface area contributed by atoms with Gasteiger partial charge in [0.25, 0.3) is 0 Å². The van der Waals surface area contributed by atoms with Crippen LogP contribution < -0.4 is 5.32 Å². The van der Waals surface area contributed by atoms with Crippen LogP contribution in [-0.4, -0.2) is 25.5 Å². The van der Waals surface area contributed by atoms with E-state index in [0.717, 1.165) is 18.8 Å². The first-order chi connectivity index (χ1) is 6.63. The molecular weight excluding hydrogens is 182 g/mol. The van der Waals surface area contributed by atoms with Crippen LogP contribution in [0.1, 0.15) is 26.2 Å². The van der Waals surface area contributed by atoms with Crippen molar-refractivity contribution >= 4 is 11.9 Å². The lowest BCUT2D eigenvalue weighted by Gasteiger charge is -2.09. The summed E-state index contributed by atoms with van der Waals surface area (Å²) in [6.45, 7) is 2.81. The fourth-order valence-corrected chi connectivity index (χ4v) is 1.91. The third-order valence-electron chi connectivity index (χ3n) is 2.73. The Morgan fingerprint density at radius 3 is 2.64 bits per heavy atom. The van der Waals surface area contributed by atoms with Gasteiger partial charge in [-0.2, -0.15) is 0 Å². The van der Waals surface area contributed by atoms with E-state index in [1.807, 2.05) is 0 Å². The first-order valence-corrected chi connectivity index (χ1v) is 4.99. The third-order valence-corrected chi connectivity index (χ3v) is 2.73. The number of rotatable bonds is 2. The molecule has 0 heterocycles. The molecule has 1 N–H and O–H groups in total. The molecule has 0 bridgehead atoms. The lowest BCUT2D eigenvalue weighted by Crippen LogP contribution is -2.34. The number of hydrogen-bond acceptors (Lipinski definition) is 3. The lowest BCUT2D eigenvalue weighted by molar-refractivity contribution is -0.152. The van der Waals surface area contributed by atoms with Crippen LogP contribution in [0.25, 0.3) is 0 Å². The minimum Gasteiger partial charge on any atom is -0.462 e. The molecule has 1 fully saturated rings. The molecule has 0 aromatic heterocycles. The highest BCUT2D eigenvalue weighted by atomic mass is 16.5. The van der Waals surface area contributed by atoms with Gasteiger partial charge in [0.2, 0.25) is 0 Å². The summed E-state index contributed by atoms with van der Waals surface area (Å²) in [7, 11) is 1.21. The Labute approximate surface area is 84.0 Å². The van der Waals surface area contributed by atoms with Crippen molar-refractivity contribution in [2.24, 2.45) is 11.8 Å². The second kappa shape index (κ2) is 4.98. The summed E-state index contributed by atoms with van der Waals surface area (Å²) < 4.78 is 4.30. The summed E-state index contributed by atoms with van der Waals surface area (Å²) in [4.78, 5) is 21.8. The quantitative estimate of drug-likeness (QED) is 0.526. The van der Waals surface area contributed by atoms with Gasteiger partial charge in [0, 0.05) is 6.54 Å². The van der Waals surface area contributed by atoms with Gasteiger partial charge in [-0.1, -0.05) is 13.3 Å². The molecule has 4 nitrogen and oxygen atoms in total. The van der Waals surface area contributed by atoms with Crippen molar-refractivity contribution in [1.82, 2.24) is 5.32 Å². The summed E-state index contributed by atoms with van der Waals surface area (Å²) in [5, 5.41) is 2.58. The van der Waals surface area contributed by atoms with E-state index in [1.54, 1.807) is 0 Å². The first kappa shape index (κ1) is 11.0. The molecule has 0 radical (unpaired) electrons. The molecular formula is C10H17NO3. The zero-order valence-corrected chi connectivity index (χ0v) is 8.71. The second-order valence-corrected chi connectivity index (χ2v) is 3.99. The van der Waals surface area contributed by atoms with Crippen molar-refractivity contribution in [3.05, 3.63) is 0 Å². The minimum atomic E-state index is -0.809. The number of amides is 1. The lowest BCUT2D eigenvalue weighted by atomic mass is 10.1. The number of nitrogens with one attached hydrogen (secondary N) is 1. The van der Waals surface area contributed by atoms with Crippen LogP contribution >= 0.6 is 0 Å². The SMILES string of the molecule is COC(=O)C(=O)NCC1CCC(C)C1. The minimum absolute atomic E-state index is 0.526. The van der Waals surface area contributed by atoms with Gasteiger partial charge >= 0.3 is 11.9 Å². The normalized spacial score (nSPS) is 25.9. The predicted molar refractivity (Wildman–Crippen MR) is 51.5 cm³/mol. The van der Waals surface area contributed by atoms with E-state index in [2.05, 4.69) is 17.0 Å². The van der Waals surface area contributed by atoms with E-state index in [9.17, 15) is 9.59 Å². The molecule has 1 saturated carbocycles. The predicted octanol–water partition coefficient (Wildman–Crippen LogP) is 0.712. The smallest absolute Gasteiger partial charge is 0.396 e. The Kier molecular flexibility index (Phi) is 3.92. The number of ether oxygens (including phenoxy) is 1. The number of hydrogen-bond donors (Lipinski definition) is 1. The monoisotopic (exact) mass is 199 g/mol. The fraction of sp³-hybridized carbons (Fsp3) is 0.800. The Balaban J connectivity index is 2.20. The fourth-order valence-electron chi connectivity index (χ4n) is 1.91. The summed E-state index contributed by atoms with van der Waals surface area (Å²) >= 11 is 0. The molecule has 0 spiro atoms. The highest BCUT2D eigenvalue weighted by Gasteiger charge is 2.22. The molecule has 1 amide bonds. The van der Waals surface area contributed by atoms with E-state index < -0.39 is 11.9 Å². The van der Waals surface area contributed by atoms with Crippen molar-refractivity contribution in [1.29, 1.82) is 0 Å². The van der Waals surface area contributed by atoms with Crippen LogP contribution in [0.15, 0.2) is 0 Å². The van der Waals surface area contributed by atoms with Gasteiger partial charge in [-0.25, -0.2) is 4.79 Å². The molecule has 4 heteroatoms.